The average molecular weight is 225 g/mol. The van der Waals surface area contributed by atoms with Gasteiger partial charge in [0.05, 0.1) is 0 Å². The number of hydrogen-bond donors (Lipinski definition) is 2. The van der Waals surface area contributed by atoms with Crippen molar-refractivity contribution in [3.8, 4) is 0 Å². The zero-order valence-corrected chi connectivity index (χ0v) is 10.2. The van der Waals surface area contributed by atoms with Gasteiger partial charge in [0.25, 0.3) is 0 Å². The molecule has 0 bridgehead atoms. The molecule has 0 spiro atoms. The molecular weight excluding hydrogens is 202 g/mol. The highest BCUT2D eigenvalue weighted by molar-refractivity contribution is 5.85. The van der Waals surface area contributed by atoms with Crippen molar-refractivity contribution in [1.82, 2.24) is 10.2 Å². The summed E-state index contributed by atoms with van der Waals surface area (Å²) >= 11 is 0. The van der Waals surface area contributed by atoms with Crippen LogP contribution in [0.3, 0.4) is 0 Å². The largest absolute Gasteiger partial charge is 0.368 e. The van der Waals surface area contributed by atoms with Gasteiger partial charge in [-0.05, 0) is 38.1 Å². The molecule has 1 saturated heterocycles. The lowest BCUT2D eigenvalue weighted by Crippen LogP contribution is -2.57. The highest BCUT2D eigenvalue weighted by atomic mass is 16.1. The van der Waals surface area contributed by atoms with Gasteiger partial charge in [0.2, 0.25) is 5.91 Å². The molecule has 1 aliphatic heterocycles. The summed E-state index contributed by atoms with van der Waals surface area (Å²) < 4.78 is 0. The fraction of sp³-hybridized carbons (Fsp3) is 0.917. The fourth-order valence-electron chi connectivity index (χ4n) is 3.21. The predicted molar refractivity (Wildman–Crippen MR) is 64.0 cm³/mol. The highest BCUT2D eigenvalue weighted by Gasteiger charge is 2.46. The summed E-state index contributed by atoms with van der Waals surface area (Å²) in [6.45, 7) is 6.21. The topological polar surface area (TPSA) is 58.4 Å². The molecule has 2 unspecified atom stereocenters. The highest BCUT2D eigenvalue weighted by Crippen LogP contribution is 2.38. The molecule has 1 saturated carbocycles. The number of rotatable bonds is 2. The molecule has 92 valence electrons. The van der Waals surface area contributed by atoms with E-state index in [-0.39, 0.29) is 11.4 Å². The van der Waals surface area contributed by atoms with E-state index in [1.165, 1.54) is 0 Å². The van der Waals surface area contributed by atoms with Gasteiger partial charge in [-0.25, -0.2) is 0 Å². The Morgan fingerprint density at radius 1 is 1.44 bits per heavy atom. The molecule has 3 N–H and O–H groups in total. The van der Waals surface area contributed by atoms with Crippen LogP contribution in [0.2, 0.25) is 0 Å². The number of nitrogens with zero attached hydrogens (tertiary/aromatic N) is 1. The number of amides is 1. The van der Waals surface area contributed by atoms with Gasteiger partial charge in [0, 0.05) is 19.6 Å². The van der Waals surface area contributed by atoms with E-state index in [1.54, 1.807) is 0 Å². The minimum atomic E-state index is -0.342. The molecule has 0 aromatic carbocycles. The van der Waals surface area contributed by atoms with E-state index >= 15 is 0 Å². The average Bonchev–Trinajstić information content (AvgIpc) is 2.51. The number of carbonyl (C=O) groups is 1. The van der Waals surface area contributed by atoms with Gasteiger partial charge in [-0.3, -0.25) is 9.69 Å². The molecule has 2 aliphatic rings. The van der Waals surface area contributed by atoms with Crippen LogP contribution in [0.4, 0.5) is 0 Å². The molecule has 0 aromatic rings. The molecule has 1 amide bonds. The predicted octanol–water partition coefficient (Wildman–Crippen LogP) is 0.326. The number of primary amides is 1. The van der Waals surface area contributed by atoms with Crippen molar-refractivity contribution in [3.63, 3.8) is 0 Å². The number of carbonyl (C=O) groups excluding carboxylic acids is 1. The Kier molecular flexibility index (Phi) is 3.50. The van der Waals surface area contributed by atoms with Crippen molar-refractivity contribution >= 4 is 5.91 Å². The van der Waals surface area contributed by atoms with Crippen LogP contribution in [0.1, 0.15) is 32.6 Å². The van der Waals surface area contributed by atoms with Crippen molar-refractivity contribution in [1.29, 1.82) is 0 Å². The summed E-state index contributed by atoms with van der Waals surface area (Å²) in [5.74, 6) is 0.516. The minimum absolute atomic E-state index is 0.112. The summed E-state index contributed by atoms with van der Waals surface area (Å²) in [6.07, 6.45) is 4.14. The third-order valence-electron chi connectivity index (χ3n) is 4.14. The lowest BCUT2D eigenvalue weighted by Gasteiger charge is -2.38. The molecule has 4 nitrogen and oxygen atoms in total. The first-order valence-corrected chi connectivity index (χ1v) is 6.41. The van der Waals surface area contributed by atoms with E-state index < -0.39 is 0 Å². The van der Waals surface area contributed by atoms with Gasteiger partial charge < -0.3 is 11.1 Å². The van der Waals surface area contributed by atoms with Gasteiger partial charge in [0.1, 0.15) is 5.54 Å². The molecule has 4 heteroatoms. The Morgan fingerprint density at radius 3 is 2.88 bits per heavy atom. The van der Waals surface area contributed by atoms with E-state index in [0.717, 1.165) is 51.9 Å². The van der Waals surface area contributed by atoms with Crippen molar-refractivity contribution in [2.75, 3.05) is 26.2 Å². The van der Waals surface area contributed by atoms with E-state index in [9.17, 15) is 4.79 Å². The number of hydrogen-bond acceptors (Lipinski definition) is 3. The molecule has 2 rings (SSSR count). The normalized spacial score (nSPS) is 37.2. The Bertz CT molecular complexity index is 261. The van der Waals surface area contributed by atoms with Crippen LogP contribution < -0.4 is 11.1 Å². The van der Waals surface area contributed by atoms with Crippen LogP contribution in [0.15, 0.2) is 0 Å². The lowest BCUT2D eigenvalue weighted by molar-refractivity contribution is -0.130. The summed E-state index contributed by atoms with van der Waals surface area (Å²) in [6, 6.07) is 0. The molecule has 1 aliphatic carbocycles. The maximum Gasteiger partial charge on any atom is 0.237 e. The fourth-order valence-corrected chi connectivity index (χ4v) is 3.21. The summed E-state index contributed by atoms with van der Waals surface area (Å²) in [4.78, 5) is 14.2. The van der Waals surface area contributed by atoms with Crippen molar-refractivity contribution in [2.45, 2.75) is 38.1 Å². The number of nitrogens with one attached hydrogen (secondary N) is 1. The van der Waals surface area contributed by atoms with Gasteiger partial charge in [-0.1, -0.05) is 6.92 Å². The monoisotopic (exact) mass is 225 g/mol. The Morgan fingerprint density at radius 2 is 2.25 bits per heavy atom. The second-order valence-corrected chi connectivity index (χ2v) is 5.33. The van der Waals surface area contributed by atoms with Crippen LogP contribution >= 0.6 is 0 Å². The van der Waals surface area contributed by atoms with Crippen LogP contribution in [-0.2, 0) is 4.79 Å². The molecule has 16 heavy (non-hydrogen) atoms. The lowest BCUT2D eigenvalue weighted by atomic mass is 9.92. The SMILES string of the molecule is CC1CCC(C(N)=O)(N2CCCNCC2)C1. The maximum atomic E-state index is 11.8. The van der Waals surface area contributed by atoms with Gasteiger partial charge in [-0.2, -0.15) is 0 Å². The first kappa shape index (κ1) is 11.9. The second-order valence-electron chi connectivity index (χ2n) is 5.33. The number of nitrogens with two attached hydrogens (primary N) is 1. The molecule has 1 heterocycles. The zero-order chi connectivity index (χ0) is 11.6. The van der Waals surface area contributed by atoms with Crippen LogP contribution in [0, 0.1) is 5.92 Å². The van der Waals surface area contributed by atoms with E-state index in [0.29, 0.717) is 5.92 Å². The van der Waals surface area contributed by atoms with Crippen molar-refractivity contribution in [3.05, 3.63) is 0 Å². The molecule has 0 radical (unpaired) electrons. The van der Waals surface area contributed by atoms with E-state index in [4.69, 9.17) is 5.73 Å². The molecule has 2 atom stereocenters. The standard InChI is InChI=1S/C12H23N3O/c1-10-3-4-12(9-10,11(13)16)15-7-2-5-14-6-8-15/h10,14H,2-9H2,1H3,(H2,13,16). The third kappa shape index (κ3) is 2.09. The van der Waals surface area contributed by atoms with E-state index in [1.807, 2.05) is 0 Å². The Balaban J connectivity index is 2.14. The van der Waals surface area contributed by atoms with Gasteiger partial charge >= 0.3 is 0 Å². The maximum absolute atomic E-state index is 11.8. The molecule has 2 fully saturated rings. The zero-order valence-electron chi connectivity index (χ0n) is 10.2. The van der Waals surface area contributed by atoms with E-state index in [2.05, 4.69) is 17.1 Å². The third-order valence-corrected chi connectivity index (χ3v) is 4.14. The van der Waals surface area contributed by atoms with Gasteiger partial charge in [-0.15, -0.1) is 0 Å². The van der Waals surface area contributed by atoms with Crippen LogP contribution in [0.25, 0.3) is 0 Å². The summed E-state index contributed by atoms with van der Waals surface area (Å²) in [5.41, 5.74) is 5.33. The van der Waals surface area contributed by atoms with Crippen molar-refractivity contribution < 1.29 is 4.79 Å². The summed E-state index contributed by atoms with van der Waals surface area (Å²) in [7, 11) is 0. The quantitative estimate of drug-likeness (QED) is 0.712. The Labute approximate surface area is 97.6 Å². The van der Waals surface area contributed by atoms with Crippen molar-refractivity contribution in [2.24, 2.45) is 11.7 Å². The first-order chi connectivity index (χ1) is 7.65. The molecular formula is C12H23N3O. The smallest absolute Gasteiger partial charge is 0.237 e. The second kappa shape index (κ2) is 4.72. The Hall–Kier alpha value is -0.610. The first-order valence-electron chi connectivity index (χ1n) is 6.41. The molecule has 0 aromatic heterocycles. The summed E-state index contributed by atoms with van der Waals surface area (Å²) in [5, 5.41) is 3.37. The minimum Gasteiger partial charge on any atom is -0.368 e. The van der Waals surface area contributed by atoms with Gasteiger partial charge in [0.15, 0.2) is 0 Å². The van der Waals surface area contributed by atoms with Crippen LogP contribution in [-0.4, -0.2) is 42.5 Å². The van der Waals surface area contributed by atoms with Crippen LogP contribution in [0.5, 0.6) is 0 Å².